The summed E-state index contributed by atoms with van der Waals surface area (Å²) >= 11 is 0. The topological polar surface area (TPSA) is 45.1 Å². The Morgan fingerprint density at radius 1 is 1.00 bits per heavy atom. The van der Waals surface area contributed by atoms with Crippen molar-refractivity contribution in [2.24, 2.45) is 5.92 Å². The molecular weight excluding hydrogens is 386 g/mol. The summed E-state index contributed by atoms with van der Waals surface area (Å²) in [6.45, 7) is 3.87. The lowest BCUT2D eigenvalue weighted by molar-refractivity contribution is -0.142. The molecule has 0 saturated heterocycles. The van der Waals surface area contributed by atoms with Crippen LogP contribution in [0.1, 0.15) is 30.7 Å². The molecule has 0 radical (unpaired) electrons. The van der Waals surface area contributed by atoms with Gasteiger partial charge in [0.05, 0.1) is 29.1 Å². The Bertz CT molecular complexity index is 802. The van der Waals surface area contributed by atoms with Crippen molar-refractivity contribution in [3.8, 4) is 11.3 Å². The molecule has 3 nitrogen and oxygen atoms in total. The summed E-state index contributed by atoms with van der Waals surface area (Å²) in [5.41, 5.74) is -2.86. The van der Waals surface area contributed by atoms with Crippen LogP contribution >= 0.6 is 0 Å². The molecule has 0 bridgehead atoms. The van der Waals surface area contributed by atoms with Gasteiger partial charge in [-0.25, -0.2) is 0 Å². The van der Waals surface area contributed by atoms with Crippen LogP contribution in [0.15, 0.2) is 36.4 Å². The molecule has 9 heteroatoms. The minimum Gasteiger partial charge on any atom is -0.395 e. The Morgan fingerprint density at radius 2 is 1.68 bits per heavy atom. The SMILES string of the molecule is CC(C)[C@H](CO)NCc1cccc(-c2ccc(C(F)(F)F)cc2C(F)(F)F)n1. The van der Waals surface area contributed by atoms with Crippen LogP contribution in [-0.2, 0) is 18.9 Å². The van der Waals surface area contributed by atoms with E-state index in [-0.39, 0.29) is 36.9 Å². The number of aliphatic hydroxyl groups excluding tert-OH is 1. The van der Waals surface area contributed by atoms with Crippen molar-refractivity contribution in [2.45, 2.75) is 38.8 Å². The van der Waals surface area contributed by atoms with Crippen molar-refractivity contribution in [1.29, 1.82) is 0 Å². The van der Waals surface area contributed by atoms with Gasteiger partial charge in [0.2, 0.25) is 0 Å². The molecule has 0 aliphatic carbocycles. The van der Waals surface area contributed by atoms with Crippen molar-refractivity contribution in [2.75, 3.05) is 6.61 Å². The minimum absolute atomic E-state index is 0.0783. The molecule has 1 aromatic heterocycles. The van der Waals surface area contributed by atoms with E-state index in [1.807, 2.05) is 13.8 Å². The van der Waals surface area contributed by atoms with Gasteiger partial charge in [-0.1, -0.05) is 26.0 Å². The standard InChI is InChI=1S/C19H20F6N2O/c1-11(2)17(10-28)26-9-13-4-3-5-16(27-13)14-7-6-12(18(20,21)22)8-15(14)19(23,24)25/h3-8,11,17,26,28H,9-10H2,1-2H3/t17-/m0/s1. The van der Waals surface area contributed by atoms with Crippen LogP contribution in [0.2, 0.25) is 0 Å². The van der Waals surface area contributed by atoms with E-state index in [1.54, 1.807) is 6.07 Å². The number of benzene rings is 1. The van der Waals surface area contributed by atoms with Crippen LogP contribution in [-0.4, -0.2) is 22.7 Å². The van der Waals surface area contributed by atoms with Crippen LogP contribution in [0.3, 0.4) is 0 Å². The van der Waals surface area contributed by atoms with E-state index in [2.05, 4.69) is 10.3 Å². The summed E-state index contributed by atoms with van der Waals surface area (Å²) in [4.78, 5) is 4.15. The molecule has 1 aromatic carbocycles. The molecule has 2 N–H and O–H groups in total. The summed E-state index contributed by atoms with van der Waals surface area (Å²) in [6.07, 6.45) is -9.85. The predicted octanol–water partition coefficient (Wildman–Crippen LogP) is 4.89. The Labute approximate surface area is 158 Å². The van der Waals surface area contributed by atoms with E-state index < -0.39 is 29.0 Å². The fraction of sp³-hybridized carbons (Fsp3) is 0.421. The van der Waals surface area contributed by atoms with E-state index in [0.29, 0.717) is 11.8 Å². The summed E-state index contributed by atoms with van der Waals surface area (Å²) < 4.78 is 78.5. The van der Waals surface area contributed by atoms with E-state index >= 15 is 0 Å². The first-order valence-corrected chi connectivity index (χ1v) is 8.52. The second kappa shape index (κ2) is 8.48. The third kappa shape index (κ3) is 5.45. The summed E-state index contributed by atoms with van der Waals surface area (Å²) in [5, 5.41) is 12.4. The Kier molecular flexibility index (Phi) is 6.71. The molecule has 2 aromatic rings. The van der Waals surface area contributed by atoms with Gasteiger partial charge < -0.3 is 10.4 Å². The van der Waals surface area contributed by atoms with Gasteiger partial charge in [-0.15, -0.1) is 0 Å². The maximum atomic E-state index is 13.4. The number of rotatable bonds is 6. The molecule has 0 fully saturated rings. The summed E-state index contributed by atoms with van der Waals surface area (Å²) in [7, 11) is 0. The third-order valence-corrected chi connectivity index (χ3v) is 4.28. The fourth-order valence-electron chi connectivity index (χ4n) is 2.65. The molecule has 0 spiro atoms. The smallest absolute Gasteiger partial charge is 0.395 e. The monoisotopic (exact) mass is 406 g/mol. The van der Waals surface area contributed by atoms with Crippen LogP contribution in [0, 0.1) is 5.92 Å². The van der Waals surface area contributed by atoms with Crippen molar-refractivity contribution in [3.05, 3.63) is 53.2 Å². The van der Waals surface area contributed by atoms with Crippen molar-refractivity contribution >= 4 is 0 Å². The number of hydrogen-bond acceptors (Lipinski definition) is 3. The van der Waals surface area contributed by atoms with Crippen LogP contribution in [0.4, 0.5) is 26.3 Å². The Hall–Kier alpha value is -2.13. The number of aromatic nitrogens is 1. The van der Waals surface area contributed by atoms with Crippen molar-refractivity contribution in [3.63, 3.8) is 0 Å². The Balaban J connectivity index is 2.40. The molecule has 0 aliphatic heterocycles. The molecule has 0 saturated carbocycles. The number of aliphatic hydroxyl groups is 1. The number of nitrogens with one attached hydrogen (secondary N) is 1. The van der Waals surface area contributed by atoms with Crippen LogP contribution in [0.5, 0.6) is 0 Å². The molecule has 0 amide bonds. The van der Waals surface area contributed by atoms with E-state index in [0.717, 1.165) is 6.07 Å². The predicted molar refractivity (Wildman–Crippen MR) is 92.2 cm³/mol. The van der Waals surface area contributed by atoms with Gasteiger partial charge >= 0.3 is 12.4 Å². The highest BCUT2D eigenvalue weighted by atomic mass is 19.4. The number of hydrogen-bond donors (Lipinski definition) is 2. The van der Waals surface area contributed by atoms with Crippen LogP contribution in [0.25, 0.3) is 11.3 Å². The first-order chi connectivity index (χ1) is 12.9. The zero-order chi connectivity index (χ0) is 21.1. The van der Waals surface area contributed by atoms with E-state index in [1.165, 1.54) is 12.1 Å². The van der Waals surface area contributed by atoms with E-state index in [4.69, 9.17) is 0 Å². The lowest BCUT2D eigenvalue weighted by atomic mass is 10.00. The molecule has 1 heterocycles. The highest BCUT2D eigenvalue weighted by Crippen LogP contribution is 2.40. The van der Waals surface area contributed by atoms with Gasteiger partial charge in [-0.05, 0) is 30.2 Å². The quantitative estimate of drug-likeness (QED) is 0.672. The lowest BCUT2D eigenvalue weighted by Gasteiger charge is -2.20. The molecule has 0 aliphatic rings. The van der Waals surface area contributed by atoms with Gasteiger partial charge in [-0.2, -0.15) is 26.3 Å². The molecule has 0 unspecified atom stereocenters. The zero-order valence-corrected chi connectivity index (χ0v) is 15.2. The lowest BCUT2D eigenvalue weighted by Crippen LogP contribution is -2.36. The van der Waals surface area contributed by atoms with Gasteiger partial charge in [0, 0.05) is 18.2 Å². The normalized spacial score (nSPS) is 13.8. The molecule has 2 rings (SSSR count). The second-order valence-corrected chi connectivity index (χ2v) is 6.68. The fourth-order valence-corrected chi connectivity index (χ4v) is 2.65. The summed E-state index contributed by atoms with van der Waals surface area (Å²) in [5.74, 6) is 0.125. The molecule has 28 heavy (non-hydrogen) atoms. The van der Waals surface area contributed by atoms with Crippen molar-refractivity contribution in [1.82, 2.24) is 10.3 Å². The number of alkyl halides is 6. The maximum Gasteiger partial charge on any atom is 0.417 e. The summed E-state index contributed by atoms with van der Waals surface area (Å²) in [6, 6.07) is 5.66. The second-order valence-electron chi connectivity index (χ2n) is 6.68. The van der Waals surface area contributed by atoms with Gasteiger partial charge in [0.1, 0.15) is 0 Å². The van der Waals surface area contributed by atoms with Crippen molar-refractivity contribution < 1.29 is 31.4 Å². The first kappa shape index (κ1) is 22.2. The molecule has 154 valence electrons. The number of halogens is 6. The average molecular weight is 406 g/mol. The maximum absolute atomic E-state index is 13.4. The first-order valence-electron chi connectivity index (χ1n) is 8.52. The van der Waals surface area contributed by atoms with Gasteiger partial charge in [0.25, 0.3) is 0 Å². The number of nitrogens with zero attached hydrogens (tertiary/aromatic N) is 1. The van der Waals surface area contributed by atoms with Crippen LogP contribution < -0.4 is 5.32 Å². The van der Waals surface area contributed by atoms with Gasteiger partial charge in [-0.3, -0.25) is 4.98 Å². The highest BCUT2D eigenvalue weighted by molar-refractivity contribution is 5.65. The molecular formula is C19H20F6N2O. The third-order valence-electron chi connectivity index (χ3n) is 4.28. The highest BCUT2D eigenvalue weighted by Gasteiger charge is 2.38. The van der Waals surface area contributed by atoms with E-state index in [9.17, 15) is 31.4 Å². The minimum atomic E-state index is -4.97. The zero-order valence-electron chi connectivity index (χ0n) is 15.2. The van der Waals surface area contributed by atoms with Gasteiger partial charge in [0.15, 0.2) is 0 Å². The number of pyridine rings is 1. The Morgan fingerprint density at radius 3 is 2.21 bits per heavy atom. The largest absolute Gasteiger partial charge is 0.417 e. The molecule has 1 atom stereocenters. The average Bonchev–Trinajstić information content (AvgIpc) is 2.60.